The van der Waals surface area contributed by atoms with Crippen molar-refractivity contribution >= 4 is 33.3 Å². The van der Waals surface area contributed by atoms with E-state index in [1.165, 1.54) is 33.3 Å². The molecule has 3 aromatic carbocycles. The molecule has 0 amide bonds. The summed E-state index contributed by atoms with van der Waals surface area (Å²) in [6, 6.07) is 22.0. The molecule has 0 saturated heterocycles. The molecule has 6 rings (SSSR count). The van der Waals surface area contributed by atoms with Crippen molar-refractivity contribution in [3.63, 3.8) is 0 Å². The second kappa shape index (κ2) is 5.37. The van der Waals surface area contributed by atoms with Crippen LogP contribution in [0.25, 0.3) is 21.9 Å². The normalized spacial score (nSPS) is 20.4. The second-order valence-electron chi connectivity index (χ2n) is 7.50. The summed E-state index contributed by atoms with van der Waals surface area (Å²) in [5.41, 5.74) is 7.02. The molecule has 2 atom stereocenters. The van der Waals surface area contributed by atoms with E-state index in [4.69, 9.17) is 4.42 Å². The van der Waals surface area contributed by atoms with Crippen molar-refractivity contribution in [2.45, 2.75) is 18.9 Å². The molecule has 1 aliphatic heterocycles. The number of nitrogens with zero attached hydrogens (tertiary/aromatic N) is 1. The first-order valence-corrected chi connectivity index (χ1v) is 9.46. The molecular formula is C25H19NO. The fourth-order valence-electron chi connectivity index (χ4n) is 4.61. The minimum absolute atomic E-state index is 0.312. The van der Waals surface area contributed by atoms with Crippen LogP contribution in [0.15, 0.2) is 89.4 Å². The molecule has 0 N–H and O–H groups in total. The van der Waals surface area contributed by atoms with Crippen LogP contribution in [0.3, 0.4) is 0 Å². The molecule has 2 nitrogen and oxygen atoms in total. The average Bonchev–Trinajstić information content (AvgIpc) is 3.21. The van der Waals surface area contributed by atoms with E-state index in [0.717, 1.165) is 11.2 Å². The number of furan rings is 1. The molecule has 2 heteroatoms. The van der Waals surface area contributed by atoms with Gasteiger partial charge in [-0.15, -0.1) is 0 Å². The molecule has 0 saturated carbocycles. The minimum atomic E-state index is 0.312. The molecule has 4 aromatic rings. The summed E-state index contributed by atoms with van der Waals surface area (Å²) in [4.78, 5) is 2.44. The van der Waals surface area contributed by atoms with Crippen molar-refractivity contribution in [2.75, 3.05) is 4.90 Å². The Balaban J connectivity index is 1.65. The quantitative estimate of drug-likeness (QED) is 0.384. The van der Waals surface area contributed by atoms with Gasteiger partial charge in [0.05, 0.1) is 6.04 Å². The van der Waals surface area contributed by atoms with Gasteiger partial charge in [0.2, 0.25) is 0 Å². The molecule has 1 aromatic heterocycles. The molecule has 130 valence electrons. The van der Waals surface area contributed by atoms with Gasteiger partial charge >= 0.3 is 0 Å². The SMILES string of the molecule is Cc1ccc2oc3cc4c(cc3c2c1)C1C=CC=CC1N4c1ccccc1. The van der Waals surface area contributed by atoms with E-state index >= 15 is 0 Å². The number of anilines is 2. The van der Waals surface area contributed by atoms with Crippen LogP contribution >= 0.6 is 0 Å². The Kier molecular flexibility index (Phi) is 2.96. The lowest BCUT2D eigenvalue weighted by atomic mass is 9.90. The highest BCUT2D eigenvalue weighted by Crippen LogP contribution is 2.49. The maximum atomic E-state index is 6.21. The monoisotopic (exact) mass is 349 g/mol. The molecule has 0 spiro atoms. The topological polar surface area (TPSA) is 16.4 Å². The van der Waals surface area contributed by atoms with E-state index in [2.05, 4.69) is 96.8 Å². The third-order valence-corrected chi connectivity index (χ3v) is 5.83. The van der Waals surface area contributed by atoms with Crippen LogP contribution in [0.5, 0.6) is 0 Å². The summed E-state index contributed by atoms with van der Waals surface area (Å²) in [5, 5.41) is 2.42. The summed E-state index contributed by atoms with van der Waals surface area (Å²) in [5.74, 6) is 0.365. The van der Waals surface area contributed by atoms with Crippen LogP contribution < -0.4 is 4.90 Å². The Morgan fingerprint density at radius 1 is 0.815 bits per heavy atom. The van der Waals surface area contributed by atoms with Gasteiger partial charge in [-0.25, -0.2) is 0 Å². The number of hydrogen-bond acceptors (Lipinski definition) is 2. The fourth-order valence-corrected chi connectivity index (χ4v) is 4.61. The summed E-state index contributed by atoms with van der Waals surface area (Å²) >= 11 is 0. The van der Waals surface area contributed by atoms with Gasteiger partial charge in [0.25, 0.3) is 0 Å². The van der Waals surface area contributed by atoms with Gasteiger partial charge in [-0.2, -0.15) is 0 Å². The van der Waals surface area contributed by atoms with E-state index < -0.39 is 0 Å². The van der Waals surface area contributed by atoms with Crippen molar-refractivity contribution < 1.29 is 4.42 Å². The lowest BCUT2D eigenvalue weighted by Crippen LogP contribution is -2.28. The van der Waals surface area contributed by atoms with E-state index in [9.17, 15) is 0 Å². The third-order valence-electron chi connectivity index (χ3n) is 5.83. The van der Waals surface area contributed by atoms with Crippen molar-refractivity contribution in [1.82, 2.24) is 0 Å². The smallest absolute Gasteiger partial charge is 0.137 e. The van der Waals surface area contributed by atoms with Crippen LogP contribution in [-0.2, 0) is 0 Å². The van der Waals surface area contributed by atoms with Crippen molar-refractivity contribution in [3.8, 4) is 0 Å². The first kappa shape index (κ1) is 14.9. The molecule has 2 heterocycles. The largest absolute Gasteiger partial charge is 0.456 e. The minimum Gasteiger partial charge on any atom is -0.456 e. The van der Waals surface area contributed by atoms with E-state index in [-0.39, 0.29) is 0 Å². The number of aryl methyl sites for hydroxylation is 1. The van der Waals surface area contributed by atoms with Gasteiger partial charge in [-0.05, 0) is 42.8 Å². The standard InChI is InChI=1S/C25H19NO/c1-16-11-12-24-20(13-16)21-14-19-18-9-5-6-10-22(18)26(17-7-3-2-4-8-17)23(19)15-25(21)27-24/h2-15,18,22H,1H3. The van der Waals surface area contributed by atoms with E-state index in [1.807, 2.05) is 0 Å². The average molecular weight is 349 g/mol. The van der Waals surface area contributed by atoms with Gasteiger partial charge < -0.3 is 9.32 Å². The lowest BCUT2D eigenvalue weighted by Gasteiger charge is -2.28. The van der Waals surface area contributed by atoms with Crippen molar-refractivity contribution in [2.24, 2.45) is 0 Å². The Bertz CT molecular complexity index is 1250. The van der Waals surface area contributed by atoms with Crippen LogP contribution in [0, 0.1) is 6.92 Å². The summed E-state index contributed by atoms with van der Waals surface area (Å²) < 4.78 is 6.21. The Morgan fingerprint density at radius 2 is 1.63 bits per heavy atom. The fraction of sp³-hybridized carbons (Fsp3) is 0.120. The van der Waals surface area contributed by atoms with Crippen LogP contribution in [-0.4, -0.2) is 6.04 Å². The molecule has 0 bridgehead atoms. The van der Waals surface area contributed by atoms with Crippen molar-refractivity contribution in [1.29, 1.82) is 0 Å². The zero-order valence-corrected chi connectivity index (χ0v) is 15.1. The van der Waals surface area contributed by atoms with Gasteiger partial charge in [-0.1, -0.05) is 54.1 Å². The highest BCUT2D eigenvalue weighted by Gasteiger charge is 2.38. The number of rotatable bonds is 1. The molecule has 1 aliphatic carbocycles. The van der Waals surface area contributed by atoms with Crippen LogP contribution in [0.1, 0.15) is 17.0 Å². The molecule has 2 unspecified atom stereocenters. The van der Waals surface area contributed by atoms with Gasteiger partial charge in [0.1, 0.15) is 11.2 Å². The summed E-state index contributed by atoms with van der Waals surface area (Å²) in [7, 11) is 0. The molecular weight excluding hydrogens is 330 g/mol. The molecule has 2 aliphatic rings. The Labute approximate surface area is 158 Å². The number of allylic oxidation sites excluding steroid dienone is 2. The highest BCUT2D eigenvalue weighted by molar-refractivity contribution is 6.07. The highest BCUT2D eigenvalue weighted by atomic mass is 16.3. The number of hydrogen-bond donors (Lipinski definition) is 0. The van der Waals surface area contributed by atoms with Gasteiger partial charge in [-0.3, -0.25) is 0 Å². The van der Waals surface area contributed by atoms with Crippen molar-refractivity contribution in [3.05, 3.63) is 96.1 Å². The number of benzene rings is 3. The van der Waals surface area contributed by atoms with E-state index in [1.54, 1.807) is 0 Å². The third kappa shape index (κ3) is 2.07. The Hall–Kier alpha value is -3.26. The van der Waals surface area contributed by atoms with E-state index in [0.29, 0.717) is 12.0 Å². The van der Waals surface area contributed by atoms with Crippen LogP contribution in [0.2, 0.25) is 0 Å². The molecule has 27 heavy (non-hydrogen) atoms. The molecule has 0 radical (unpaired) electrons. The summed E-state index contributed by atoms with van der Waals surface area (Å²) in [6.45, 7) is 2.13. The number of para-hydroxylation sites is 1. The first-order valence-electron chi connectivity index (χ1n) is 9.46. The predicted molar refractivity (Wildman–Crippen MR) is 112 cm³/mol. The predicted octanol–water partition coefficient (Wildman–Crippen LogP) is 6.62. The summed E-state index contributed by atoms with van der Waals surface area (Å²) in [6.07, 6.45) is 8.96. The van der Waals surface area contributed by atoms with Gasteiger partial charge in [0.15, 0.2) is 0 Å². The number of fused-ring (bicyclic) bond motifs is 6. The van der Waals surface area contributed by atoms with Gasteiger partial charge in [0, 0.05) is 34.1 Å². The van der Waals surface area contributed by atoms with Crippen LogP contribution in [0.4, 0.5) is 11.4 Å². The second-order valence-corrected chi connectivity index (χ2v) is 7.50. The lowest BCUT2D eigenvalue weighted by molar-refractivity contribution is 0.669. The first-order chi connectivity index (χ1) is 13.3. The molecule has 0 fully saturated rings. The maximum absolute atomic E-state index is 6.21. The zero-order chi connectivity index (χ0) is 18.0. The Morgan fingerprint density at radius 3 is 2.52 bits per heavy atom. The zero-order valence-electron chi connectivity index (χ0n) is 15.1. The maximum Gasteiger partial charge on any atom is 0.137 e.